The minimum absolute atomic E-state index is 0.0585. The van der Waals surface area contributed by atoms with Crippen LogP contribution in [0.4, 0.5) is 4.39 Å². The quantitative estimate of drug-likeness (QED) is 0.829. The van der Waals surface area contributed by atoms with Crippen LogP contribution in [0, 0.1) is 18.7 Å². The molecule has 1 aromatic heterocycles. The molecule has 6 heteroatoms. The van der Waals surface area contributed by atoms with E-state index in [0.717, 1.165) is 30.8 Å². The van der Waals surface area contributed by atoms with E-state index in [9.17, 15) is 9.18 Å². The van der Waals surface area contributed by atoms with Crippen molar-refractivity contribution in [1.29, 1.82) is 0 Å². The standard InChI is InChI=1S/C21H27FN4O/c1-15(2)20-14-26(21(27)19-12-23-16(3)11-24-19)10-4-9-25(20)13-17-5-7-18(22)8-6-17/h5-8,11-12,15,20H,4,9-10,13-14H2,1-3H3/t20-/m0/s1. The normalized spacial score (nSPS) is 18.6. The Labute approximate surface area is 160 Å². The maximum atomic E-state index is 13.2. The van der Waals surface area contributed by atoms with Crippen molar-refractivity contribution in [3.8, 4) is 0 Å². The fourth-order valence-corrected chi connectivity index (χ4v) is 3.57. The molecule has 1 saturated heterocycles. The zero-order valence-corrected chi connectivity index (χ0v) is 16.2. The van der Waals surface area contributed by atoms with Crippen molar-refractivity contribution in [3.63, 3.8) is 0 Å². The second kappa shape index (κ2) is 8.57. The van der Waals surface area contributed by atoms with E-state index in [0.29, 0.717) is 24.7 Å². The monoisotopic (exact) mass is 370 g/mol. The number of aryl methyl sites for hydroxylation is 1. The largest absolute Gasteiger partial charge is 0.336 e. The van der Waals surface area contributed by atoms with Gasteiger partial charge in [0.2, 0.25) is 0 Å². The molecule has 0 radical (unpaired) electrons. The average molecular weight is 370 g/mol. The number of benzene rings is 1. The Morgan fingerprint density at radius 3 is 2.56 bits per heavy atom. The molecule has 144 valence electrons. The van der Waals surface area contributed by atoms with E-state index in [1.807, 2.05) is 24.0 Å². The van der Waals surface area contributed by atoms with Crippen molar-refractivity contribution < 1.29 is 9.18 Å². The van der Waals surface area contributed by atoms with Crippen LogP contribution in [0.3, 0.4) is 0 Å². The molecule has 1 aliphatic heterocycles. The van der Waals surface area contributed by atoms with Crippen LogP contribution in [0.5, 0.6) is 0 Å². The topological polar surface area (TPSA) is 49.3 Å². The minimum Gasteiger partial charge on any atom is -0.336 e. The van der Waals surface area contributed by atoms with Crippen LogP contribution < -0.4 is 0 Å². The predicted octanol–water partition coefficient (Wildman–Crippen LogP) is 3.30. The van der Waals surface area contributed by atoms with Gasteiger partial charge in [-0.3, -0.25) is 14.7 Å². The van der Waals surface area contributed by atoms with Crippen LogP contribution in [0.2, 0.25) is 0 Å². The number of halogens is 1. The number of hydrogen-bond acceptors (Lipinski definition) is 4. The van der Waals surface area contributed by atoms with Gasteiger partial charge < -0.3 is 4.90 Å². The summed E-state index contributed by atoms with van der Waals surface area (Å²) < 4.78 is 13.2. The summed E-state index contributed by atoms with van der Waals surface area (Å²) in [6.07, 6.45) is 4.09. The number of carbonyl (C=O) groups excluding carboxylic acids is 1. The van der Waals surface area contributed by atoms with Crippen molar-refractivity contribution in [1.82, 2.24) is 19.8 Å². The third kappa shape index (κ3) is 4.89. The van der Waals surface area contributed by atoms with Crippen LogP contribution in [-0.4, -0.2) is 51.4 Å². The first-order valence-corrected chi connectivity index (χ1v) is 9.50. The lowest BCUT2D eigenvalue weighted by atomic mass is 10.0. The Bertz CT molecular complexity index is 761. The summed E-state index contributed by atoms with van der Waals surface area (Å²) in [5.41, 5.74) is 2.29. The number of nitrogens with zero attached hydrogens (tertiary/aromatic N) is 4. The molecule has 0 saturated carbocycles. The van der Waals surface area contributed by atoms with Gasteiger partial charge in [-0.25, -0.2) is 9.37 Å². The van der Waals surface area contributed by atoms with Gasteiger partial charge in [-0.15, -0.1) is 0 Å². The molecule has 0 unspecified atom stereocenters. The van der Waals surface area contributed by atoms with Crippen molar-refractivity contribution in [2.45, 2.75) is 39.8 Å². The number of aromatic nitrogens is 2. The Morgan fingerprint density at radius 1 is 1.19 bits per heavy atom. The van der Waals surface area contributed by atoms with Gasteiger partial charge in [0.15, 0.2) is 0 Å². The number of hydrogen-bond donors (Lipinski definition) is 0. The molecule has 2 heterocycles. The van der Waals surface area contributed by atoms with Gasteiger partial charge in [0.1, 0.15) is 11.5 Å². The van der Waals surface area contributed by atoms with Gasteiger partial charge in [-0.1, -0.05) is 26.0 Å². The molecule has 3 rings (SSSR count). The van der Waals surface area contributed by atoms with E-state index in [1.165, 1.54) is 12.1 Å². The Hall–Kier alpha value is -2.34. The molecule has 27 heavy (non-hydrogen) atoms. The highest BCUT2D eigenvalue weighted by Crippen LogP contribution is 2.21. The highest BCUT2D eigenvalue weighted by molar-refractivity contribution is 5.92. The van der Waals surface area contributed by atoms with E-state index in [2.05, 4.69) is 28.7 Å². The van der Waals surface area contributed by atoms with E-state index < -0.39 is 0 Å². The lowest BCUT2D eigenvalue weighted by Gasteiger charge is -2.34. The van der Waals surface area contributed by atoms with Crippen molar-refractivity contribution in [2.75, 3.05) is 19.6 Å². The summed E-state index contributed by atoms with van der Waals surface area (Å²) in [4.78, 5) is 25.6. The van der Waals surface area contributed by atoms with Crippen molar-refractivity contribution in [2.24, 2.45) is 5.92 Å². The summed E-state index contributed by atoms with van der Waals surface area (Å²) >= 11 is 0. The first-order valence-electron chi connectivity index (χ1n) is 9.50. The number of rotatable bonds is 4. The van der Waals surface area contributed by atoms with Gasteiger partial charge in [0.05, 0.1) is 11.9 Å². The Kier molecular flexibility index (Phi) is 6.16. The van der Waals surface area contributed by atoms with E-state index in [4.69, 9.17) is 0 Å². The van der Waals surface area contributed by atoms with Gasteiger partial charge in [-0.05, 0) is 37.0 Å². The molecule has 1 atom stereocenters. The zero-order chi connectivity index (χ0) is 19.4. The van der Waals surface area contributed by atoms with Crippen molar-refractivity contribution >= 4 is 5.91 Å². The second-order valence-corrected chi connectivity index (χ2v) is 7.56. The Morgan fingerprint density at radius 2 is 1.93 bits per heavy atom. The number of carbonyl (C=O) groups is 1. The van der Waals surface area contributed by atoms with Gasteiger partial charge in [0, 0.05) is 38.4 Å². The summed E-state index contributed by atoms with van der Waals surface area (Å²) in [7, 11) is 0. The molecule has 0 spiro atoms. The lowest BCUT2D eigenvalue weighted by Crippen LogP contribution is -2.45. The van der Waals surface area contributed by atoms with Gasteiger partial charge >= 0.3 is 0 Å². The molecule has 0 bridgehead atoms. The number of amides is 1. The van der Waals surface area contributed by atoms with Gasteiger partial charge in [-0.2, -0.15) is 0 Å². The maximum Gasteiger partial charge on any atom is 0.274 e. The first kappa shape index (κ1) is 19.4. The summed E-state index contributed by atoms with van der Waals surface area (Å²) in [6.45, 7) is 9.25. The third-order valence-electron chi connectivity index (χ3n) is 5.11. The minimum atomic E-state index is -0.217. The molecule has 1 fully saturated rings. The molecular formula is C21H27FN4O. The molecule has 2 aromatic rings. The maximum absolute atomic E-state index is 13.2. The summed E-state index contributed by atoms with van der Waals surface area (Å²) in [5.74, 6) is 0.116. The molecule has 0 aliphatic carbocycles. The molecule has 5 nitrogen and oxygen atoms in total. The summed E-state index contributed by atoms with van der Waals surface area (Å²) in [6, 6.07) is 6.91. The van der Waals surface area contributed by atoms with Crippen LogP contribution in [0.1, 0.15) is 42.0 Å². The van der Waals surface area contributed by atoms with Crippen LogP contribution in [0.15, 0.2) is 36.7 Å². The predicted molar refractivity (Wildman–Crippen MR) is 103 cm³/mol. The highest BCUT2D eigenvalue weighted by atomic mass is 19.1. The molecule has 1 aliphatic rings. The zero-order valence-electron chi connectivity index (χ0n) is 16.2. The van der Waals surface area contributed by atoms with E-state index in [-0.39, 0.29) is 17.8 Å². The van der Waals surface area contributed by atoms with Crippen LogP contribution in [0.25, 0.3) is 0 Å². The average Bonchev–Trinajstić information content (AvgIpc) is 2.86. The van der Waals surface area contributed by atoms with E-state index >= 15 is 0 Å². The summed E-state index contributed by atoms with van der Waals surface area (Å²) in [5, 5.41) is 0. The first-order chi connectivity index (χ1) is 12.9. The Balaban J connectivity index is 1.75. The molecule has 1 aromatic carbocycles. The van der Waals surface area contributed by atoms with Crippen LogP contribution >= 0.6 is 0 Å². The van der Waals surface area contributed by atoms with E-state index in [1.54, 1.807) is 12.4 Å². The third-order valence-corrected chi connectivity index (χ3v) is 5.11. The second-order valence-electron chi connectivity index (χ2n) is 7.56. The fraction of sp³-hybridized carbons (Fsp3) is 0.476. The smallest absolute Gasteiger partial charge is 0.274 e. The van der Waals surface area contributed by atoms with Crippen molar-refractivity contribution in [3.05, 3.63) is 59.4 Å². The fourth-order valence-electron chi connectivity index (χ4n) is 3.57. The molecule has 1 amide bonds. The van der Waals surface area contributed by atoms with Crippen LogP contribution in [-0.2, 0) is 6.54 Å². The highest BCUT2D eigenvalue weighted by Gasteiger charge is 2.30. The van der Waals surface area contributed by atoms with Gasteiger partial charge in [0.25, 0.3) is 5.91 Å². The molecular weight excluding hydrogens is 343 g/mol. The SMILES string of the molecule is Cc1cnc(C(=O)N2CCCN(Cc3ccc(F)cc3)[C@H](C(C)C)C2)cn1. The molecule has 0 N–H and O–H groups in total. The lowest BCUT2D eigenvalue weighted by molar-refractivity contribution is 0.0696.